The van der Waals surface area contributed by atoms with E-state index < -0.39 is 10.0 Å². The Kier molecular flexibility index (Phi) is 4.55. The van der Waals surface area contributed by atoms with Crippen molar-refractivity contribution in [3.63, 3.8) is 0 Å². The molecule has 5 nitrogen and oxygen atoms in total. The van der Waals surface area contributed by atoms with Gasteiger partial charge in [-0.05, 0) is 37.5 Å². The minimum atomic E-state index is -3.43. The van der Waals surface area contributed by atoms with Gasteiger partial charge in [0.2, 0.25) is 10.0 Å². The number of nitrogens with zero attached hydrogens (tertiary/aromatic N) is 1. The molecule has 1 heterocycles. The first kappa shape index (κ1) is 15.1. The van der Waals surface area contributed by atoms with E-state index in [2.05, 4.69) is 4.72 Å². The number of hydrogen-bond acceptors (Lipinski definition) is 3. The summed E-state index contributed by atoms with van der Waals surface area (Å²) in [6, 6.07) is 4.64. The van der Waals surface area contributed by atoms with Crippen molar-refractivity contribution in [2.45, 2.75) is 19.3 Å². The summed E-state index contributed by atoms with van der Waals surface area (Å²) >= 11 is 5.94. The van der Waals surface area contributed by atoms with Crippen LogP contribution in [0.3, 0.4) is 0 Å². The highest BCUT2D eigenvalue weighted by Gasteiger charge is 2.19. The van der Waals surface area contributed by atoms with Crippen LogP contribution in [0.4, 0.5) is 5.69 Å². The van der Waals surface area contributed by atoms with E-state index in [1.165, 1.54) is 12.1 Å². The molecule has 1 fully saturated rings. The molecule has 1 aliphatic heterocycles. The molecule has 2 rings (SSSR count). The Hall–Kier alpha value is -1.27. The number of halogens is 1. The smallest absolute Gasteiger partial charge is 0.253 e. The zero-order valence-electron chi connectivity index (χ0n) is 11.2. The van der Waals surface area contributed by atoms with Crippen molar-refractivity contribution in [2.24, 2.45) is 0 Å². The quantitative estimate of drug-likeness (QED) is 0.930. The molecular weight excluding hydrogens is 300 g/mol. The van der Waals surface area contributed by atoms with Crippen LogP contribution >= 0.6 is 11.6 Å². The average molecular weight is 317 g/mol. The van der Waals surface area contributed by atoms with E-state index in [9.17, 15) is 13.2 Å². The summed E-state index contributed by atoms with van der Waals surface area (Å²) in [5.41, 5.74) is 0.680. The topological polar surface area (TPSA) is 66.5 Å². The molecule has 0 bridgehead atoms. The molecule has 1 N–H and O–H groups in total. The molecule has 1 amide bonds. The molecule has 0 aromatic heterocycles. The van der Waals surface area contributed by atoms with Crippen LogP contribution in [0.25, 0.3) is 0 Å². The molecular formula is C13H17ClN2O3S. The number of likely N-dealkylation sites (tertiary alicyclic amines) is 1. The Bertz CT molecular complexity index is 610. The fraction of sp³-hybridized carbons (Fsp3) is 0.462. The molecule has 1 saturated heterocycles. The van der Waals surface area contributed by atoms with Gasteiger partial charge in [0.05, 0.1) is 17.0 Å². The maximum atomic E-state index is 12.3. The fourth-order valence-corrected chi connectivity index (χ4v) is 3.01. The van der Waals surface area contributed by atoms with Gasteiger partial charge in [0.15, 0.2) is 0 Å². The Morgan fingerprint density at radius 2 is 1.90 bits per heavy atom. The normalized spacial score (nSPS) is 16.0. The van der Waals surface area contributed by atoms with Crippen LogP contribution in [-0.2, 0) is 10.0 Å². The number of piperidine rings is 1. The van der Waals surface area contributed by atoms with Crippen LogP contribution in [0, 0.1) is 0 Å². The van der Waals surface area contributed by atoms with Gasteiger partial charge < -0.3 is 4.90 Å². The lowest BCUT2D eigenvalue weighted by Gasteiger charge is -2.27. The SMILES string of the molecule is CS(=O)(=O)Nc1cc(C(=O)N2CCCCC2)ccc1Cl. The molecule has 0 unspecified atom stereocenters. The number of carbonyl (C=O) groups excluding carboxylic acids is 1. The number of nitrogens with one attached hydrogen (secondary N) is 1. The zero-order valence-corrected chi connectivity index (χ0v) is 12.8. The second-order valence-electron chi connectivity index (χ2n) is 4.92. The van der Waals surface area contributed by atoms with Crippen molar-refractivity contribution < 1.29 is 13.2 Å². The van der Waals surface area contributed by atoms with Crippen molar-refractivity contribution in [3.05, 3.63) is 28.8 Å². The Labute approximate surface area is 124 Å². The molecule has 110 valence electrons. The van der Waals surface area contributed by atoms with E-state index in [1.54, 1.807) is 11.0 Å². The summed E-state index contributed by atoms with van der Waals surface area (Å²) in [5, 5.41) is 0.269. The molecule has 0 spiro atoms. The highest BCUT2D eigenvalue weighted by Crippen LogP contribution is 2.25. The van der Waals surface area contributed by atoms with E-state index in [4.69, 9.17) is 11.6 Å². The predicted octanol–water partition coefficient (Wildman–Crippen LogP) is 2.34. The number of benzene rings is 1. The third-order valence-corrected chi connectivity index (χ3v) is 4.07. The predicted molar refractivity (Wildman–Crippen MR) is 79.7 cm³/mol. The molecule has 7 heteroatoms. The van der Waals surface area contributed by atoms with E-state index in [0.717, 1.165) is 38.6 Å². The minimum absolute atomic E-state index is 0.0853. The third-order valence-electron chi connectivity index (χ3n) is 3.15. The van der Waals surface area contributed by atoms with Gasteiger partial charge in [-0.25, -0.2) is 8.42 Å². The third kappa shape index (κ3) is 3.86. The van der Waals surface area contributed by atoms with Gasteiger partial charge in [0.25, 0.3) is 5.91 Å². The van der Waals surface area contributed by atoms with Gasteiger partial charge in [0.1, 0.15) is 0 Å². The van der Waals surface area contributed by atoms with Crippen LogP contribution in [0.15, 0.2) is 18.2 Å². The number of rotatable bonds is 3. The second kappa shape index (κ2) is 6.01. The van der Waals surface area contributed by atoms with Gasteiger partial charge in [0, 0.05) is 18.7 Å². The molecule has 20 heavy (non-hydrogen) atoms. The first-order valence-corrected chi connectivity index (χ1v) is 8.70. The molecule has 1 aromatic carbocycles. The summed E-state index contributed by atoms with van der Waals surface area (Å²) in [4.78, 5) is 14.1. The molecule has 0 aliphatic carbocycles. The fourth-order valence-electron chi connectivity index (χ4n) is 2.22. The maximum absolute atomic E-state index is 12.3. The number of carbonyl (C=O) groups is 1. The lowest BCUT2D eigenvalue weighted by Crippen LogP contribution is -2.35. The minimum Gasteiger partial charge on any atom is -0.339 e. The molecule has 1 aliphatic rings. The van der Waals surface area contributed by atoms with E-state index >= 15 is 0 Å². The maximum Gasteiger partial charge on any atom is 0.253 e. The zero-order chi connectivity index (χ0) is 14.8. The van der Waals surface area contributed by atoms with Crippen molar-refractivity contribution in [1.29, 1.82) is 0 Å². The van der Waals surface area contributed by atoms with Gasteiger partial charge in [-0.3, -0.25) is 9.52 Å². The number of amides is 1. The average Bonchev–Trinajstić information content (AvgIpc) is 2.40. The van der Waals surface area contributed by atoms with Crippen LogP contribution in [0.2, 0.25) is 5.02 Å². The molecule has 0 radical (unpaired) electrons. The lowest BCUT2D eigenvalue weighted by molar-refractivity contribution is 0.0724. The Morgan fingerprint density at radius 1 is 1.25 bits per heavy atom. The van der Waals surface area contributed by atoms with E-state index in [1.807, 2.05) is 0 Å². The van der Waals surface area contributed by atoms with Crippen molar-refractivity contribution in [2.75, 3.05) is 24.1 Å². The summed E-state index contributed by atoms with van der Waals surface area (Å²) in [5.74, 6) is -0.0853. The summed E-state index contributed by atoms with van der Waals surface area (Å²) in [6.45, 7) is 1.49. The van der Waals surface area contributed by atoms with Crippen LogP contribution in [0.5, 0.6) is 0 Å². The first-order chi connectivity index (χ1) is 9.37. The summed E-state index contributed by atoms with van der Waals surface area (Å²) in [7, 11) is -3.43. The van der Waals surface area contributed by atoms with Gasteiger partial charge in [-0.2, -0.15) is 0 Å². The summed E-state index contributed by atoms with van der Waals surface area (Å²) in [6.07, 6.45) is 4.20. The highest BCUT2D eigenvalue weighted by atomic mass is 35.5. The number of anilines is 1. The van der Waals surface area contributed by atoms with Gasteiger partial charge >= 0.3 is 0 Å². The summed E-state index contributed by atoms with van der Waals surface area (Å²) < 4.78 is 24.9. The monoisotopic (exact) mass is 316 g/mol. The first-order valence-electron chi connectivity index (χ1n) is 6.43. The second-order valence-corrected chi connectivity index (χ2v) is 7.08. The van der Waals surface area contributed by atoms with Gasteiger partial charge in [-0.15, -0.1) is 0 Å². The lowest BCUT2D eigenvalue weighted by atomic mass is 10.1. The van der Waals surface area contributed by atoms with Crippen molar-refractivity contribution >= 4 is 33.2 Å². The molecule has 0 atom stereocenters. The van der Waals surface area contributed by atoms with Crippen molar-refractivity contribution in [1.82, 2.24) is 4.90 Å². The largest absolute Gasteiger partial charge is 0.339 e. The Balaban J connectivity index is 2.24. The van der Waals surface area contributed by atoms with Crippen LogP contribution < -0.4 is 4.72 Å². The van der Waals surface area contributed by atoms with E-state index in [-0.39, 0.29) is 16.6 Å². The number of hydrogen-bond donors (Lipinski definition) is 1. The van der Waals surface area contributed by atoms with Crippen LogP contribution in [0.1, 0.15) is 29.6 Å². The van der Waals surface area contributed by atoms with Gasteiger partial charge in [-0.1, -0.05) is 11.6 Å². The number of sulfonamides is 1. The molecule has 0 saturated carbocycles. The van der Waals surface area contributed by atoms with E-state index in [0.29, 0.717) is 5.56 Å². The van der Waals surface area contributed by atoms with Crippen molar-refractivity contribution in [3.8, 4) is 0 Å². The van der Waals surface area contributed by atoms with Crippen LogP contribution in [-0.4, -0.2) is 38.6 Å². The highest BCUT2D eigenvalue weighted by molar-refractivity contribution is 7.92. The molecule has 1 aromatic rings. The Morgan fingerprint density at radius 3 is 2.50 bits per heavy atom. The standard InChI is InChI=1S/C13H17ClN2O3S/c1-20(18,19)15-12-9-10(5-6-11(12)14)13(17)16-7-3-2-4-8-16/h5-6,9,15H,2-4,7-8H2,1H3.